The highest BCUT2D eigenvalue weighted by molar-refractivity contribution is 9.10. The fraction of sp³-hybridized carbons (Fsp3) is 0.200. The number of halogens is 1. The number of imide groups is 1. The van der Waals surface area contributed by atoms with Gasteiger partial charge in [-0.15, -0.1) is 0 Å². The number of anilines is 2. The van der Waals surface area contributed by atoms with Crippen LogP contribution in [0.2, 0.25) is 0 Å². The number of thioether (sulfide) groups is 1. The van der Waals surface area contributed by atoms with Crippen LogP contribution in [0.4, 0.5) is 11.4 Å². The van der Waals surface area contributed by atoms with Gasteiger partial charge in [0.2, 0.25) is 17.7 Å². The Hall–Kier alpha value is -3.47. The second-order valence-electron chi connectivity index (χ2n) is 9.93. The summed E-state index contributed by atoms with van der Waals surface area (Å²) in [5.41, 5.74) is 3.97. The monoisotopic (exact) mass is 633 g/mol. The van der Waals surface area contributed by atoms with E-state index in [0.29, 0.717) is 21.3 Å². The van der Waals surface area contributed by atoms with E-state index in [1.54, 1.807) is 12.1 Å². The molecule has 0 aliphatic carbocycles. The molecule has 1 fully saturated rings. The Morgan fingerprint density at radius 3 is 2.42 bits per heavy atom. The van der Waals surface area contributed by atoms with Crippen molar-refractivity contribution in [2.45, 2.75) is 36.6 Å². The van der Waals surface area contributed by atoms with Crippen LogP contribution in [0.25, 0.3) is 0 Å². The number of rotatable bonds is 5. The lowest BCUT2D eigenvalue weighted by Crippen LogP contribution is -2.33. The van der Waals surface area contributed by atoms with Crippen molar-refractivity contribution in [2.24, 2.45) is 5.92 Å². The molecule has 3 aromatic carbocycles. The van der Waals surface area contributed by atoms with Gasteiger partial charge in [0, 0.05) is 21.0 Å². The van der Waals surface area contributed by atoms with Crippen LogP contribution in [0.1, 0.15) is 27.5 Å². The summed E-state index contributed by atoms with van der Waals surface area (Å²) in [5, 5.41) is 2.72. The molecule has 3 atom stereocenters. The molecule has 2 unspecified atom stereocenters. The van der Waals surface area contributed by atoms with Gasteiger partial charge in [-0.25, -0.2) is 4.90 Å². The Bertz CT molecular complexity index is 1730. The summed E-state index contributed by atoms with van der Waals surface area (Å²) < 4.78 is 2.27. The number of thiazole rings is 1. The van der Waals surface area contributed by atoms with Crippen molar-refractivity contribution in [3.63, 3.8) is 0 Å². The molecule has 6 rings (SSSR count). The average molecular weight is 635 g/mol. The summed E-state index contributed by atoms with van der Waals surface area (Å²) in [6.45, 7) is 3.65. The predicted octanol–water partition coefficient (Wildman–Crippen LogP) is 5.72. The zero-order valence-electron chi connectivity index (χ0n) is 21.6. The van der Waals surface area contributed by atoms with Gasteiger partial charge in [-0.1, -0.05) is 87.1 Å². The van der Waals surface area contributed by atoms with Gasteiger partial charge < -0.3 is 5.32 Å². The number of benzene rings is 3. The zero-order chi connectivity index (χ0) is 28.1. The molecule has 2 aliphatic rings. The number of aryl methyl sites for hydroxylation is 2. The van der Waals surface area contributed by atoms with Gasteiger partial charge in [-0.3, -0.25) is 23.7 Å². The fourth-order valence-electron chi connectivity index (χ4n) is 5.31. The molecule has 3 amide bonds. The van der Waals surface area contributed by atoms with Gasteiger partial charge in [-0.2, -0.15) is 0 Å². The first kappa shape index (κ1) is 26.7. The van der Waals surface area contributed by atoms with E-state index in [-0.39, 0.29) is 29.1 Å². The second kappa shape index (κ2) is 10.5. The first-order valence-corrected chi connectivity index (χ1v) is 15.2. The second-order valence-corrected chi connectivity index (χ2v) is 13.0. The number of hydrogen-bond acceptors (Lipinski definition) is 6. The summed E-state index contributed by atoms with van der Waals surface area (Å²) in [6, 6.07) is 22.3. The van der Waals surface area contributed by atoms with E-state index in [2.05, 4.69) is 21.2 Å². The van der Waals surface area contributed by atoms with E-state index in [9.17, 15) is 19.2 Å². The Morgan fingerprint density at radius 1 is 0.950 bits per heavy atom. The van der Waals surface area contributed by atoms with Crippen LogP contribution in [0, 0.1) is 19.8 Å². The molecule has 0 radical (unpaired) electrons. The third kappa shape index (κ3) is 4.63. The quantitative estimate of drug-likeness (QED) is 0.284. The lowest BCUT2D eigenvalue weighted by molar-refractivity contribution is -0.122. The minimum Gasteiger partial charge on any atom is -0.324 e. The largest absolute Gasteiger partial charge is 0.324 e. The van der Waals surface area contributed by atoms with Crippen molar-refractivity contribution in [2.75, 3.05) is 10.2 Å². The lowest BCUT2D eigenvalue weighted by Gasteiger charge is -2.30. The molecule has 7 nitrogen and oxygen atoms in total. The van der Waals surface area contributed by atoms with Crippen molar-refractivity contribution in [3.8, 4) is 0 Å². The Morgan fingerprint density at radius 2 is 1.70 bits per heavy atom. The minimum atomic E-state index is -0.732. The van der Waals surface area contributed by atoms with Crippen molar-refractivity contribution in [3.05, 3.63) is 109 Å². The molecule has 2 aliphatic heterocycles. The number of amides is 3. The van der Waals surface area contributed by atoms with E-state index in [0.717, 1.165) is 32.5 Å². The highest BCUT2D eigenvalue weighted by atomic mass is 79.9. The third-order valence-electron chi connectivity index (χ3n) is 7.27. The van der Waals surface area contributed by atoms with Crippen LogP contribution in [-0.2, 0) is 20.9 Å². The molecule has 0 spiro atoms. The molecule has 3 heterocycles. The van der Waals surface area contributed by atoms with Crippen molar-refractivity contribution in [1.29, 1.82) is 0 Å². The third-order valence-corrected chi connectivity index (χ3v) is 10.4. The number of nitrogens with one attached hydrogen (secondary N) is 1. The van der Waals surface area contributed by atoms with E-state index >= 15 is 0 Å². The number of hydrogen-bond donors (Lipinski definition) is 1. The number of para-hydroxylation sites is 1. The van der Waals surface area contributed by atoms with E-state index in [1.807, 2.05) is 74.5 Å². The van der Waals surface area contributed by atoms with Crippen LogP contribution in [0.15, 0.2) is 87.1 Å². The molecule has 40 heavy (non-hydrogen) atoms. The molecule has 1 N–H and O–H groups in total. The zero-order valence-corrected chi connectivity index (χ0v) is 24.8. The molecule has 4 aromatic rings. The normalized spacial score (nSPS) is 19.9. The van der Waals surface area contributed by atoms with Gasteiger partial charge in [0.1, 0.15) is 11.8 Å². The number of aromatic nitrogens is 1. The molecule has 10 heteroatoms. The van der Waals surface area contributed by atoms with Gasteiger partial charge >= 0.3 is 4.87 Å². The van der Waals surface area contributed by atoms with Crippen molar-refractivity contribution in [1.82, 2.24) is 4.57 Å². The summed E-state index contributed by atoms with van der Waals surface area (Å²) >= 11 is 5.78. The van der Waals surface area contributed by atoms with E-state index < -0.39 is 17.1 Å². The standard InChI is InChI=1S/C30H24BrN3O4S2/c1-16-10-12-20(13-11-16)34-27(36)24-23(18-7-5-8-19(31)14-18)26-29(39-25(24)28(34)37)33(30(38)40-26)15-22(35)32-21-9-4-3-6-17(21)2/h3-14,23-25H,15H2,1-2H3,(H,32,35)/t23-,24?,25?/m1/s1. The molecule has 0 saturated carbocycles. The molecule has 1 aromatic heterocycles. The number of carbonyl (C=O) groups excluding carboxylic acids is 3. The Labute approximate surface area is 247 Å². The molecule has 1 saturated heterocycles. The van der Waals surface area contributed by atoms with Gasteiger partial charge in [0.15, 0.2) is 0 Å². The van der Waals surface area contributed by atoms with Gasteiger partial charge in [-0.05, 0) is 55.3 Å². The number of carbonyl (C=O) groups is 3. The molecular formula is C30H24BrN3O4S2. The number of nitrogens with zero attached hydrogens (tertiary/aromatic N) is 2. The summed E-state index contributed by atoms with van der Waals surface area (Å²) in [6.07, 6.45) is 0. The summed E-state index contributed by atoms with van der Waals surface area (Å²) in [4.78, 5) is 55.8. The minimum absolute atomic E-state index is 0.196. The Balaban J connectivity index is 1.42. The average Bonchev–Trinajstić information content (AvgIpc) is 3.36. The van der Waals surface area contributed by atoms with E-state index in [1.165, 1.54) is 21.2 Å². The van der Waals surface area contributed by atoms with Crippen molar-refractivity contribution >= 4 is 68.1 Å². The lowest BCUT2D eigenvalue weighted by atomic mass is 9.83. The van der Waals surface area contributed by atoms with Crippen LogP contribution in [0.3, 0.4) is 0 Å². The van der Waals surface area contributed by atoms with Gasteiger partial charge in [0.05, 0.1) is 16.6 Å². The highest BCUT2D eigenvalue weighted by Gasteiger charge is 2.56. The fourth-order valence-corrected chi connectivity index (χ4v) is 8.50. The van der Waals surface area contributed by atoms with Crippen LogP contribution in [-0.4, -0.2) is 27.5 Å². The highest BCUT2D eigenvalue weighted by Crippen LogP contribution is 2.54. The smallest absolute Gasteiger partial charge is 0.308 e. The van der Waals surface area contributed by atoms with Gasteiger partial charge in [0.25, 0.3) is 0 Å². The maximum absolute atomic E-state index is 14.0. The maximum atomic E-state index is 14.0. The van der Waals surface area contributed by atoms with Crippen LogP contribution in [0.5, 0.6) is 0 Å². The first-order chi connectivity index (χ1) is 19.2. The van der Waals surface area contributed by atoms with Crippen LogP contribution < -0.4 is 15.1 Å². The molecule has 0 bridgehead atoms. The van der Waals surface area contributed by atoms with Crippen molar-refractivity contribution < 1.29 is 14.4 Å². The Kier molecular flexibility index (Phi) is 7.02. The number of fused-ring (bicyclic) bond motifs is 2. The maximum Gasteiger partial charge on any atom is 0.308 e. The molecule has 202 valence electrons. The molecular weight excluding hydrogens is 610 g/mol. The van der Waals surface area contributed by atoms with Crippen LogP contribution >= 0.6 is 39.0 Å². The topological polar surface area (TPSA) is 88.5 Å². The predicted molar refractivity (Wildman–Crippen MR) is 161 cm³/mol. The summed E-state index contributed by atoms with van der Waals surface area (Å²) in [5.74, 6) is -2.14. The summed E-state index contributed by atoms with van der Waals surface area (Å²) in [7, 11) is 0. The SMILES string of the molecule is Cc1ccc(N2C(=O)C3Sc4c(sc(=O)n4CC(=O)Nc4ccccc4C)[C@H](c4cccc(Br)c4)C3C2=O)cc1. The first-order valence-electron chi connectivity index (χ1n) is 12.7. The van der Waals surface area contributed by atoms with E-state index in [4.69, 9.17) is 0 Å².